The molecule has 0 fully saturated rings. The Morgan fingerprint density at radius 1 is 0.897 bits per heavy atom. The lowest BCUT2D eigenvalue weighted by atomic mass is 10.1. The summed E-state index contributed by atoms with van der Waals surface area (Å²) in [6.07, 6.45) is 0.697. The molecule has 0 saturated carbocycles. The molecular weight excluding hydrogens is 384 g/mol. The van der Waals surface area contributed by atoms with Crippen molar-refractivity contribution in [2.24, 2.45) is 0 Å². The van der Waals surface area contributed by atoms with E-state index in [-0.39, 0.29) is 22.1 Å². The lowest BCUT2D eigenvalue weighted by molar-refractivity contribution is 0.0955. The highest BCUT2D eigenvalue weighted by Crippen LogP contribution is 2.23. The van der Waals surface area contributed by atoms with Crippen molar-refractivity contribution < 1.29 is 13.2 Å². The lowest BCUT2D eigenvalue weighted by Gasteiger charge is -2.14. The Hall–Kier alpha value is -3.12. The summed E-state index contributed by atoms with van der Waals surface area (Å²) in [4.78, 5) is 12.9. The number of aryl methyl sites for hydroxylation is 2. The minimum atomic E-state index is -3.82. The quantitative estimate of drug-likeness (QED) is 0.619. The lowest BCUT2D eigenvalue weighted by Crippen LogP contribution is -2.27. The Morgan fingerprint density at radius 2 is 1.59 bits per heavy atom. The monoisotopic (exact) mass is 408 g/mol. The van der Waals surface area contributed by atoms with E-state index in [4.69, 9.17) is 0 Å². The molecule has 0 aliphatic carbocycles. The highest BCUT2D eigenvalue weighted by molar-refractivity contribution is 7.92. The number of nitrogens with one attached hydrogen (secondary N) is 2. The molecule has 1 amide bonds. The van der Waals surface area contributed by atoms with E-state index in [0.717, 1.165) is 11.1 Å². The molecular formula is C23H24N2O3S. The van der Waals surface area contributed by atoms with Crippen LogP contribution in [0.3, 0.4) is 0 Å². The van der Waals surface area contributed by atoms with Crippen LogP contribution in [0.1, 0.15) is 27.0 Å². The SMILES string of the molecule is Cc1ccc(C)c(S(=O)(=O)Nc2ccccc2C(=O)NCCc2ccccc2)c1. The average Bonchev–Trinajstić information content (AvgIpc) is 2.70. The number of sulfonamides is 1. The first kappa shape index (κ1) is 20.6. The Balaban J connectivity index is 1.76. The normalized spacial score (nSPS) is 11.1. The van der Waals surface area contributed by atoms with Gasteiger partial charge in [-0.05, 0) is 55.2 Å². The molecule has 3 aromatic carbocycles. The van der Waals surface area contributed by atoms with E-state index in [9.17, 15) is 13.2 Å². The molecule has 0 bridgehead atoms. The van der Waals surface area contributed by atoms with Crippen LogP contribution >= 0.6 is 0 Å². The van der Waals surface area contributed by atoms with Gasteiger partial charge in [-0.3, -0.25) is 9.52 Å². The second kappa shape index (κ2) is 8.92. The van der Waals surface area contributed by atoms with E-state index in [1.54, 1.807) is 43.3 Å². The van der Waals surface area contributed by atoms with Crippen molar-refractivity contribution in [1.82, 2.24) is 5.32 Å². The first-order chi connectivity index (χ1) is 13.9. The van der Waals surface area contributed by atoms with Crippen molar-refractivity contribution in [2.45, 2.75) is 25.2 Å². The van der Waals surface area contributed by atoms with Crippen LogP contribution in [0, 0.1) is 13.8 Å². The molecule has 0 aliphatic rings. The number of rotatable bonds is 7. The standard InChI is InChI=1S/C23H24N2O3S/c1-17-12-13-18(2)22(16-17)29(27,28)25-21-11-7-6-10-20(21)23(26)24-15-14-19-8-4-3-5-9-19/h3-13,16,25H,14-15H2,1-2H3,(H,24,26). The van der Waals surface area contributed by atoms with Crippen LogP contribution in [0.15, 0.2) is 77.7 Å². The molecule has 3 aromatic rings. The van der Waals surface area contributed by atoms with Gasteiger partial charge < -0.3 is 5.32 Å². The highest BCUT2D eigenvalue weighted by Gasteiger charge is 2.20. The first-order valence-electron chi connectivity index (χ1n) is 9.38. The molecule has 0 heterocycles. The van der Waals surface area contributed by atoms with Crippen LogP contribution in [0.5, 0.6) is 0 Å². The summed E-state index contributed by atoms with van der Waals surface area (Å²) in [6, 6.07) is 21.7. The summed E-state index contributed by atoms with van der Waals surface area (Å²) < 4.78 is 28.4. The average molecular weight is 409 g/mol. The van der Waals surface area contributed by atoms with Crippen LogP contribution in [-0.4, -0.2) is 20.9 Å². The largest absolute Gasteiger partial charge is 0.352 e. The minimum absolute atomic E-state index is 0.205. The number of hydrogen-bond donors (Lipinski definition) is 2. The molecule has 0 atom stereocenters. The molecule has 0 spiro atoms. The van der Waals surface area contributed by atoms with Crippen molar-refractivity contribution in [3.8, 4) is 0 Å². The second-order valence-corrected chi connectivity index (χ2v) is 8.56. The van der Waals surface area contributed by atoms with Gasteiger partial charge in [0.2, 0.25) is 0 Å². The summed E-state index contributed by atoms with van der Waals surface area (Å²) in [5, 5.41) is 2.86. The topological polar surface area (TPSA) is 75.3 Å². The van der Waals surface area contributed by atoms with Gasteiger partial charge in [-0.1, -0.05) is 54.6 Å². The van der Waals surface area contributed by atoms with Crippen molar-refractivity contribution in [3.63, 3.8) is 0 Å². The van der Waals surface area contributed by atoms with Gasteiger partial charge >= 0.3 is 0 Å². The van der Waals surface area contributed by atoms with E-state index < -0.39 is 10.0 Å². The zero-order chi connectivity index (χ0) is 20.9. The molecule has 6 heteroatoms. The fourth-order valence-electron chi connectivity index (χ4n) is 3.03. The summed E-state index contributed by atoms with van der Waals surface area (Å²) in [5.41, 5.74) is 3.16. The van der Waals surface area contributed by atoms with E-state index in [1.807, 2.05) is 43.3 Å². The Bertz CT molecular complexity index is 1110. The van der Waals surface area contributed by atoms with E-state index >= 15 is 0 Å². The Kier molecular flexibility index (Phi) is 6.34. The van der Waals surface area contributed by atoms with Gasteiger partial charge in [-0.15, -0.1) is 0 Å². The van der Waals surface area contributed by atoms with Crippen molar-refractivity contribution >= 4 is 21.6 Å². The Morgan fingerprint density at radius 3 is 2.34 bits per heavy atom. The number of para-hydroxylation sites is 1. The predicted molar refractivity (Wildman–Crippen MR) is 116 cm³/mol. The highest BCUT2D eigenvalue weighted by atomic mass is 32.2. The molecule has 0 radical (unpaired) electrons. The number of carbonyl (C=O) groups excluding carboxylic acids is 1. The number of benzene rings is 3. The van der Waals surface area contributed by atoms with Crippen LogP contribution in [-0.2, 0) is 16.4 Å². The maximum Gasteiger partial charge on any atom is 0.262 e. The molecule has 0 aromatic heterocycles. The summed E-state index contributed by atoms with van der Waals surface area (Å²) in [5.74, 6) is -0.319. The van der Waals surface area contributed by atoms with Gasteiger partial charge in [0.25, 0.3) is 15.9 Å². The van der Waals surface area contributed by atoms with E-state index in [0.29, 0.717) is 18.5 Å². The maximum absolute atomic E-state index is 12.9. The zero-order valence-corrected chi connectivity index (χ0v) is 17.3. The van der Waals surface area contributed by atoms with Gasteiger partial charge in [0, 0.05) is 6.54 Å². The van der Waals surface area contributed by atoms with Crippen LogP contribution in [0.4, 0.5) is 5.69 Å². The van der Waals surface area contributed by atoms with Crippen LogP contribution in [0.25, 0.3) is 0 Å². The first-order valence-corrected chi connectivity index (χ1v) is 10.9. The zero-order valence-electron chi connectivity index (χ0n) is 16.5. The second-order valence-electron chi connectivity index (χ2n) is 6.91. The van der Waals surface area contributed by atoms with Crippen molar-refractivity contribution in [2.75, 3.05) is 11.3 Å². The van der Waals surface area contributed by atoms with Gasteiger partial charge in [0.15, 0.2) is 0 Å². The molecule has 0 aliphatic heterocycles. The maximum atomic E-state index is 12.9. The number of hydrogen-bond acceptors (Lipinski definition) is 3. The molecule has 0 unspecified atom stereocenters. The third kappa shape index (κ3) is 5.23. The predicted octanol–water partition coefficient (Wildman–Crippen LogP) is 4.08. The molecule has 29 heavy (non-hydrogen) atoms. The van der Waals surface area contributed by atoms with Crippen molar-refractivity contribution in [1.29, 1.82) is 0 Å². The van der Waals surface area contributed by atoms with Crippen molar-refractivity contribution in [3.05, 3.63) is 95.1 Å². The Labute approximate surface area is 171 Å². The number of anilines is 1. The van der Waals surface area contributed by atoms with Crippen LogP contribution in [0.2, 0.25) is 0 Å². The van der Waals surface area contributed by atoms with E-state index in [2.05, 4.69) is 10.0 Å². The summed E-state index contributed by atoms with van der Waals surface area (Å²) in [6.45, 7) is 4.05. The van der Waals surface area contributed by atoms with Crippen LogP contribution < -0.4 is 10.0 Å². The number of carbonyl (C=O) groups is 1. The fourth-order valence-corrected chi connectivity index (χ4v) is 4.44. The van der Waals surface area contributed by atoms with Gasteiger partial charge in [0.05, 0.1) is 16.1 Å². The smallest absolute Gasteiger partial charge is 0.262 e. The molecule has 5 nitrogen and oxygen atoms in total. The number of amides is 1. The van der Waals surface area contributed by atoms with Gasteiger partial charge in [-0.25, -0.2) is 8.42 Å². The third-order valence-electron chi connectivity index (χ3n) is 4.59. The molecule has 3 rings (SSSR count). The third-order valence-corrected chi connectivity index (χ3v) is 6.10. The minimum Gasteiger partial charge on any atom is -0.352 e. The molecule has 0 saturated heterocycles. The summed E-state index contributed by atoms with van der Waals surface area (Å²) >= 11 is 0. The fraction of sp³-hybridized carbons (Fsp3) is 0.174. The van der Waals surface area contributed by atoms with Gasteiger partial charge in [-0.2, -0.15) is 0 Å². The summed E-state index contributed by atoms with van der Waals surface area (Å²) in [7, 11) is -3.82. The van der Waals surface area contributed by atoms with E-state index in [1.165, 1.54) is 0 Å². The molecule has 150 valence electrons. The van der Waals surface area contributed by atoms with Gasteiger partial charge in [0.1, 0.15) is 0 Å². The molecule has 2 N–H and O–H groups in total.